The molecule has 2 rings (SSSR count). The lowest BCUT2D eigenvalue weighted by molar-refractivity contribution is 0.0835. The van der Waals surface area contributed by atoms with Gasteiger partial charge in [0.2, 0.25) is 0 Å². The molecule has 1 aromatic rings. The Morgan fingerprint density at radius 3 is 2.79 bits per heavy atom. The normalized spacial score (nSPS) is 31.2. The van der Waals surface area contributed by atoms with Crippen molar-refractivity contribution in [2.45, 2.75) is 37.8 Å². The van der Waals surface area contributed by atoms with Gasteiger partial charge in [-0.1, -0.05) is 6.92 Å². The van der Waals surface area contributed by atoms with Crippen LogP contribution in [0.2, 0.25) is 0 Å². The molecule has 0 spiro atoms. The van der Waals surface area contributed by atoms with E-state index in [0.29, 0.717) is 18.5 Å². The highest BCUT2D eigenvalue weighted by Crippen LogP contribution is 2.47. The van der Waals surface area contributed by atoms with Gasteiger partial charge in [0.15, 0.2) is 0 Å². The second-order valence-corrected chi connectivity index (χ2v) is 3.97. The third kappa shape index (κ3) is 1.31. The molecule has 1 aliphatic carbocycles. The number of hydrogen-bond donors (Lipinski definition) is 0. The Kier molecular flexibility index (Phi) is 2.25. The van der Waals surface area contributed by atoms with Crippen molar-refractivity contribution < 1.29 is 8.78 Å². The zero-order valence-electron chi connectivity index (χ0n) is 8.13. The van der Waals surface area contributed by atoms with Crippen LogP contribution in [0.1, 0.15) is 31.9 Å². The van der Waals surface area contributed by atoms with E-state index >= 15 is 0 Å². The standard InChI is InChI=1S/C11H13F2N/c1-2-11(6-8(12)7-11)10-9(13)4-3-5-14-10/h3-5,8H,2,6-7H2,1H3/t8-,11-. The first kappa shape index (κ1) is 9.56. The minimum atomic E-state index is -0.781. The molecule has 0 unspecified atom stereocenters. The van der Waals surface area contributed by atoms with Gasteiger partial charge in [-0.25, -0.2) is 8.78 Å². The second kappa shape index (κ2) is 3.30. The van der Waals surface area contributed by atoms with Crippen molar-refractivity contribution in [1.82, 2.24) is 4.98 Å². The molecule has 0 aromatic carbocycles. The van der Waals surface area contributed by atoms with Crippen LogP contribution in [0.25, 0.3) is 0 Å². The third-order valence-corrected chi connectivity index (χ3v) is 3.16. The van der Waals surface area contributed by atoms with Crippen LogP contribution < -0.4 is 0 Å². The molecule has 0 N–H and O–H groups in total. The van der Waals surface area contributed by atoms with Gasteiger partial charge in [-0.3, -0.25) is 4.98 Å². The van der Waals surface area contributed by atoms with Crippen molar-refractivity contribution in [2.24, 2.45) is 0 Å². The van der Waals surface area contributed by atoms with E-state index in [9.17, 15) is 8.78 Å². The molecular weight excluding hydrogens is 184 g/mol. The predicted octanol–water partition coefficient (Wildman–Crippen LogP) is 3.00. The number of pyridine rings is 1. The van der Waals surface area contributed by atoms with E-state index in [4.69, 9.17) is 0 Å². The summed E-state index contributed by atoms with van der Waals surface area (Å²) in [5.41, 5.74) is 0.0986. The molecule has 1 saturated carbocycles. The summed E-state index contributed by atoms with van der Waals surface area (Å²) in [6.45, 7) is 1.96. The van der Waals surface area contributed by atoms with Gasteiger partial charge in [0.05, 0.1) is 5.69 Å². The number of halogens is 2. The van der Waals surface area contributed by atoms with E-state index in [0.717, 1.165) is 6.42 Å². The SMILES string of the molecule is CC[C@]1(c2ncccc2F)C[C@H](F)C1. The number of aromatic nitrogens is 1. The Balaban J connectivity index is 2.34. The van der Waals surface area contributed by atoms with Gasteiger partial charge in [0.1, 0.15) is 12.0 Å². The van der Waals surface area contributed by atoms with E-state index in [1.165, 1.54) is 6.07 Å². The number of alkyl halides is 1. The van der Waals surface area contributed by atoms with Gasteiger partial charge in [-0.15, -0.1) is 0 Å². The Morgan fingerprint density at radius 2 is 2.29 bits per heavy atom. The van der Waals surface area contributed by atoms with Crippen molar-refractivity contribution in [2.75, 3.05) is 0 Å². The zero-order valence-corrected chi connectivity index (χ0v) is 8.13. The van der Waals surface area contributed by atoms with Crippen molar-refractivity contribution in [1.29, 1.82) is 0 Å². The van der Waals surface area contributed by atoms with Crippen LogP contribution in [0.4, 0.5) is 8.78 Å². The summed E-state index contributed by atoms with van der Waals surface area (Å²) in [6, 6.07) is 2.96. The molecule has 1 aliphatic rings. The summed E-state index contributed by atoms with van der Waals surface area (Å²) in [4.78, 5) is 4.04. The Labute approximate surface area is 82.2 Å². The van der Waals surface area contributed by atoms with Gasteiger partial charge < -0.3 is 0 Å². The van der Waals surface area contributed by atoms with Crippen LogP contribution in [0.3, 0.4) is 0 Å². The quantitative estimate of drug-likeness (QED) is 0.710. The molecule has 14 heavy (non-hydrogen) atoms. The molecule has 1 fully saturated rings. The average molecular weight is 197 g/mol. The van der Waals surface area contributed by atoms with E-state index in [-0.39, 0.29) is 11.2 Å². The Hall–Kier alpha value is -0.990. The molecule has 1 nitrogen and oxygen atoms in total. The highest BCUT2D eigenvalue weighted by atomic mass is 19.1. The molecule has 0 saturated heterocycles. The van der Waals surface area contributed by atoms with Crippen LogP contribution in [-0.4, -0.2) is 11.2 Å². The summed E-state index contributed by atoms with van der Waals surface area (Å²) in [5.74, 6) is -0.304. The van der Waals surface area contributed by atoms with Gasteiger partial charge in [-0.05, 0) is 31.4 Å². The van der Waals surface area contributed by atoms with Gasteiger partial charge in [-0.2, -0.15) is 0 Å². The highest BCUT2D eigenvalue weighted by Gasteiger charge is 2.46. The zero-order chi connectivity index (χ0) is 10.2. The van der Waals surface area contributed by atoms with Crippen molar-refractivity contribution in [3.8, 4) is 0 Å². The number of rotatable bonds is 2. The lowest BCUT2D eigenvalue weighted by Crippen LogP contribution is -2.43. The highest BCUT2D eigenvalue weighted by molar-refractivity contribution is 5.23. The maximum absolute atomic E-state index is 13.4. The molecule has 0 bridgehead atoms. The molecule has 76 valence electrons. The fraction of sp³-hybridized carbons (Fsp3) is 0.545. The minimum Gasteiger partial charge on any atom is -0.258 e. The Morgan fingerprint density at radius 1 is 1.57 bits per heavy atom. The molecule has 1 heterocycles. The van der Waals surface area contributed by atoms with E-state index in [1.807, 2.05) is 6.92 Å². The van der Waals surface area contributed by atoms with E-state index < -0.39 is 6.17 Å². The number of nitrogens with zero attached hydrogens (tertiary/aromatic N) is 1. The smallest absolute Gasteiger partial charge is 0.145 e. The summed E-state index contributed by atoms with van der Waals surface area (Å²) in [6.07, 6.45) is 2.37. The first-order valence-corrected chi connectivity index (χ1v) is 4.93. The summed E-state index contributed by atoms with van der Waals surface area (Å²) < 4.78 is 26.3. The lowest BCUT2D eigenvalue weighted by Gasteiger charge is -2.43. The second-order valence-electron chi connectivity index (χ2n) is 3.97. The molecule has 0 radical (unpaired) electrons. The number of hydrogen-bond acceptors (Lipinski definition) is 1. The molecule has 0 aliphatic heterocycles. The first-order valence-electron chi connectivity index (χ1n) is 4.93. The van der Waals surface area contributed by atoms with Gasteiger partial charge in [0.25, 0.3) is 0 Å². The topological polar surface area (TPSA) is 12.9 Å². The van der Waals surface area contributed by atoms with E-state index in [2.05, 4.69) is 4.98 Å². The minimum absolute atomic E-state index is 0.304. The third-order valence-electron chi connectivity index (χ3n) is 3.16. The molecular formula is C11H13F2N. The first-order chi connectivity index (χ1) is 6.68. The van der Waals surface area contributed by atoms with Gasteiger partial charge >= 0.3 is 0 Å². The maximum Gasteiger partial charge on any atom is 0.145 e. The maximum atomic E-state index is 13.4. The van der Waals surface area contributed by atoms with Crippen molar-refractivity contribution in [3.05, 3.63) is 29.8 Å². The summed E-state index contributed by atoms with van der Waals surface area (Å²) >= 11 is 0. The lowest BCUT2D eigenvalue weighted by atomic mass is 9.63. The molecule has 0 atom stereocenters. The van der Waals surface area contributed by atoms with Crippen LogP contribution in [0.5, 0.6) is 0 Å². The summed E-state index contributed by atoms with van der Waals surface area (Å²) in [5, 5.41) is 0. The average Bonchev–Trinajstić information content (AvgIpc) is 2.14. The largest absolute Gasteiger partial charge is 0.258 e. The van der Waals surface area contributed by atoms with Crippen LogP contribution >= 0.6 is 0 Å². The molecule has 1 aromatic heterocycles. The predicted molar refractivity (Wildman–Crippen MR) is 50.3 cm³/mol. The Bertz CT molecular complexity index is 332. The van der Waals surface area contributed by atoms with Crippen molar-refractivity contribution in [3.63, 3.8) is 0 Å². The van der Waals surface area contributed by atoms with Crippen LogP contribution in [0, 0.1) is 5.82 Å². The molecule has 3 heteroatoms. The van der Waals surface area contributed by atoms with Crippen LogP contribution in [0.15, 0.2) is 18.3 Å². The van der Waals surface area contributed by atoms with E-state index in [1.54, 1.807) is 12.3 Å². The fourth-order valence-corrected chi connectivity index (χ4v) is 2.21. The van der Waals surface area contributed by atoms with Gasteiger partial charge in [0, 0.05) is 11.6 Å². The monoisotopic (exact) mass is 197 g/mol. The van der Waals surface area contributed by atoms with Crippen molar-refractivity contribution >= 4 is 0 Å². The fourth-order valence-electron chi connectivity index (χ4n) is 2.21. The molecule has 0 amide bonds. The van der Waals surface area contributed by atoms with Crippen LogP contribution in [-0.2, 0) is 5.41 Å². The summed E-state index contributed by atoms with van der Waals surface area (Å²) in [7, 11) is 0.